The van der Waals surface area contributed by atoms with Gasteiger partial charge in [-0.3, -0.25) is 4.55 Å². The highest BCUT2D eigenvalue weighted by Crippen LogP contribution is 2.28. The Morgan fingerprint density at radius 2 is 1.82 bits per heavy atom. The molecule has 1 N–H and O–H groups in total. The zero-order valence-electron chi connectivity index (χ0n) is 19.3. The van der Waals surface area contributed by atoms with Crippen LogP contribution in [-0.2, 0) is 23.2 Å². The van der Waals surface area contributed by atoms with Crippen molar-refractivity contribution in [2.75, 3.05) is 17.2 Å². The van der Waals surface area contributed by atoms with Gasteiger partial charge in [0.15, 0.2) is 0 Å². The molecule has 0 fully saturated rings. The molecule has 0 aliphatic heterocycles. The lowest BCUT2D eigenvalue weighted by molar-refractivity contribution is -0.680. The van der Waals surface area contributed by atoms with Crippen molar-refractivity contribution in [2.45, 2.75) is 46.7 Å². The predicted molar refractivity (Wildman–Crippen MR) is 133 cm³/mol. The normalized spacial score (nSPS) is 11.9. The minimum Gasteiger partial charge on any atom is -0.367 e. The first-order chi connectivity index (χ1) is 15.7. The molecular weight excluding hydrogens is 456 g/mol. The van der Waals surface area contributed by atoms with Crippen molar-refractivity contribution in [3.63, 3.8) is 0 Å². The molecule has 0 saturated heterocycles. The monoisotopic (exact) mass is 487 g/mol. The fraction of sp³-hybridized carbons (Fsp3) is 0.375. The van der Waals surface area contributed by atoms with Crippen LogP contribution in [0.1, 0.15) is 35.8 Å². The minimum atomic E-state index is -3.92. The van der Waals surface area contributed by atoms with Crippen LogP contribution < -0.4 is 9.47 Å². The lowest BCUT2D eigenvalue weighted by Gasteiger charge is -2.23. The predicted octanol–water partition coefficient (Wildman–Crippen LogP) is 5.76. The highest BCUT2D eigenvalue weighted by atomic mass is 32.2. The first-order valence-corrected chi connectivity index (χ1v) is 13.4. The second-order valence-electron chi connectivity index (χ2n) is 7.98. The van der Waals surface area contributed by atoms with Crippen LogP contribution in [0.5, 0.6) is 0 Å². The van der Waals surface area contributed by atoms with E-state index in [1.54, 1.807) is 11.3 Å². The largest absolute Gasteiger partial charge is 0.408 e. The van der Waals surface area contributed by atoms with E-state index in [0.717, 1.165) is 40.0 Å². The number of aromatic nitrogens is 1. The van der Waals surface area contributed by atoms with E-state index in [9.17, 15) is 8.42 Å². The van der Waals surface area contributed by atoms with Gasteiger partial charge in [-0.15, -0.1) is 0 Å². The highest BCUT2D eigenvalue weighted by Gasteiger charge is 2.16. The van der Waals surface area contributed by atoms with E-state index in [1.807, 2.05) is 36.7 Å². The molecule has 7 nitrogen and oxygen atoms in total. The van der Waals surface area contributed by atoms with Crippen LogP contribution in [0, 0.1) is 13.8 Å². The number of aryl methyl sites for hydroxylation is 3. The summed E-state index contributed by atoms with van der Waals surface area (Å²) in [6.07, 6.45) is 3.02. The molecule has 3 aromatic rings. The molecule has 0 radical (unpaired) electrons. The number of benzene rings is 2. The minimum absolute atomic E-state index is 0.224. The average Bonchev–Trinajstić information content (AvgIpc) is 3.13. The summed E-state index contributed by atoms with van der Waals surface area (Å²) in [5.41, 5.74) is 4.29. The third-order valence-electron chi connectivity index (χ3n) is 5.27. The van der Waals surface area contributed by atoms with Gasteiger partial charge in [-0.05, 0) is 79.4 Å². The van der Waals surface area contributed by atoms with Gasteiger partial charge in [-0.2, -0.15) is 8.42 Å². The molecule has 0 amide bonds. The quantitative estimate of drug-likeness (QED) is 0.161. The second-order valence-corrected chi connectivity index (χ2v) is 10.8. The van der Waals surface area contributed by atoms with Crippen LogP contribution in [0.25, 0.3) is 0 Å². The molecule has 1 heterocycles. The Bertz CT molecular complexity index is 1190. The maximum Gasteiger partial charge on any atom is 0.408 e. The molecule has 33 heavy (non-hydrogen) atoms. The summed E-state index contributed by atoms with van der Waals surface area (Å²) >= 11 is 1.54. The first kappa shape index (κ1) is 25.0. The molecule has 176 valence electrons. The van der Waals surface area contributed by atoms with Crippen LogP contribution in [-0.4, -0.2) is 25.3 Å². The van der Waals surface area contributed by atoms with E-state index in [4.69, 9.17) is 4.55 Å². The number of hydrogen-bond donors (Lipinski definition) is 1. The van der Waals surface area contributed by atoms with E-state index in [-0.39, 0.29) is 5.75 Å². The molecule has 0 aliphatic carbocycles. The summed E-state index contributed by atoms with van der Waals surface area (Å²) in [6.45, 7) is 8.57. The number of thiazole rings is 1. The summed E-state index contributed by atoms with van der Waals surface area (Å²) in [6, 6.07) is 16.6. The zero-order valence-corrected chi connectivity index (χ0v) is 20.9. The fourth-order valence-corrected chi connectivity index (χ4v) is 4.92. The van der Waals surface area contributed by atoms with Crippen molar-refractivity contribution in [3.05, 3.63) is 70.7 Å². The molecule has 0 aliphatic rings. The van der Waals surface area contributed by atoms with Gasteiger partial charge in [0.25, 0.3) is 10.1 Å². The maximum atomic E-state index is 10.9. The summed E-state index contributed by atoms with van der Waals surface area (Å²) in [5.74, 6) is -0.224. The average molecular weight is 488 g/mol. The Hall–Kier alpha value is -2.62. The Morgan fingerprint density at radius 1 is 1.06 bits per heavy atom. The number of anilines is 1. The SMILES string of the molecule is CCN(Cc1ccccc1)c1ccc(N=Nc2sc(C)c[n+]2CCCCS(=O)(=O)O)c(C)c1. The third-order valence-corrected chi connectivity index (χ3v) is 7.00. The molecule has 0 unspecified atom stereocenters. The van der Waals surface area contributed by atoms with Gasteiger partial charge in [-0.25, -0.2) is 4.57 Å². The smallest absolute Gasteiger partial charge is 0.367 e. The Labute approximate surface area is 200 Å². The topological polar surface area (TPSA) is 86.2 Å². The van der Waals surface area contributed by atoms with Crippen LogP contribution in [0.2, 0.25) is 0 Å². The van der Waals surface area contributed by atoms with Gasteiger partial charge >= 0.3 is 5.13 Å². The van der Waals surface area contributed by atoms with Gasteiger partial charge in [0.1, 0.15) is 11.9 Å². The molecule has 0 bridgehead atoms. The number of azo groups is 1. The standard InChI is InChI=1S/C24H30N4O3S2/c1-4-27(18-21-10-6-5-7-11-21)22-12-13-23(19(2)16-22)25-26-24-28(17-20(3)32-24)14-8-9-15-33(29,30)31/h5-7,10-13,16-17H,4,8-9,14-15,18H2,1-3H3/p+1. The van der Waals surface area contributed by atoms with E-state index in [1.165, 1.54) is 5.56 Å². The van der Waals surface area contributed by atoms with Crippen LogP contribution in [0.4, 0.5) is 16.5 Å². The van der Waals surface area contributed by atoms with Gasteiger partial charge in [0.2, 0.25) is 0 Å². The summed E-state index contributed by atoms with van der Waals surface area (Å²) in [7, 11) is -3.92. The zero-order chi connectivity index (χ0) is 23.8. The van der Waals surface area contributed by atoms with Crippen molar-refractivity contribution in [3.8, 4) is 0 Å². The van der Waals surface area contributed by atoms with Gasteiger partial charge in [0, 0.05) is 23.7 Å². The maximum absolute atomic E-state index is 10.9. The van der Waals surface area contributed by atoms with E-state index in [2.05, 4.69) is 58.5 Å². The number of unbranched alkanes of at least 4 members (excludes halogenated alkanes) is 1. The van der Waals surface area contributed by atoms with Gasteiger partial charge in [-0.1, -0.05) is 30.3 Å². The molecule has 0 atom stereocenters. The summed E-state index contributed by atoms with van der Waals surface area (Å²) in [4.78, 5) is 3.43. The summed E-state index contributed by atoms with van der Waals surface area (Å²) < 4.78 is 32.7. The highest BCUT2D eigenvalue weighted by molar-refractivity contribution is 7.85. The molecule has 0 saturated carbocycles. The lowest BCUT2D eigenvalue weighted by atomic mass is 10.1. The third kappa shape index (κ3) is 7.73. The van der Waals surface area contributed by atoms with Crippen molar-refractivity contribution < 1.29 is 17.5 Å². The Balaban J connectivity index is 1.69. The molecular formula is C24H31N4O3S2+. The van der Waals surface area contributed by atoms with Crippen LogP contribution in [0.15, 0.2) is 65.0 Å². The molecule has 0 spiro atoms. The number of nitrogens with zero attached hydrogens (tertiary/aromatic N) is 4. The Morgan fingerprint density at radius 3 is 2.48 bits per heavy atom. The van der Waals surface area contributed by atoms with Crippen LogP contribution >= 0.6 is 11.3 Å². The molecule has 1 aromatic heterocycles. The van der Waals surface area contributed by atoms with E-state index >= 15 is 0 Å². The van der Waals surface area contributed by atoms with Gasteiger partial charge < -0.3 is 4.90 Å². The first-order valence-electron chi connectivity index (χ1n) is 11.0. The van der Waals surface area contributed by atoms with Crippen molar-refractivity contribution in [1.29, 1.82) is 0 Å². The molecule has 9 heteroatoms. The van der Waals surface area contributed by atoms with Crippen molar-refractivity contribution >= 4 is 38.0 Å². The van der Waals surface area contributed by atoms with Crippen molar-refractivity contribution in [2.24, 2.45) is 10.2 Å². The van der Waals surface area contributed by atoms with Crippen molar-refractivity contribution in [1.82, 2.24) is 0 Å². The second kappa shape index (κ2) is 11.5. The summed E-state index contributed by atoms with van der Waals surface area (Å²) in [5, 5.41) is 9.73. The van der Waals surface area contributed by atoms with Crippen LogP contribution in [0.3, 0.4) is 0 Å². The van der Waals surface area contributed by atoms with E-state index in [0.29, 0.717) is 19.4 Å². The molecule has 3 rings (SSSR count). The molecule has 2 aromatic carbocycles. The van der Waals surface area contributed by atoms with E-state index < -0.39 is 10.1 Å². The van der Waals surface area contributed by atoms with Gasteiger partial charge in [0.05, 0.1) is 17.4 Å². The fourth-order valence-electron chi connectivity index (χ4n) is 3.54. The number of hydrogen-bond acceptors (Lipinski definition) is 6. The number of rotatable bonds is 11. The Kier molecular flexibility index (Phi) is 8.71. The lowest BCUT2D eigenvalue weighted by Crippen LogP contribution is -2.31.